The van der Waals surface area contributed by atoms with E-state index >= 15 is 0 Å². The number of nitrogens with zero attached hydrogens (tertiary/aromatic N) is 3. The van der Waals surface area contributed by atoms with E-state index in [0.717, 1.165) is 22.2 Å². The van der Waals surface area contributed by atoms with Crippen molar-refractivity contribution < 1.29 is 14.3 Å². The summed E-state index contributed by atoms with van der Waals surface area (Å²) in [4.78, 5) is 37.4. The molecule has 2 N–H and O–H groups in total. The van der Waals surface area contributed by atoms with Crippen molar-refractivity contribution in [3.05, 3.63) is 53.6 Å². The van der Waals surface area contributed by atoms with E-state index < -0.39 is 0 Å². The first-order chi connectivity index (χ1) is 12.7. The Morgan fingerprint density at radius 3 is 3.04 bits per heavy atom. The molecule has 2 aromatic heterocycles. The fourth-order valence-corrected chi connectivity index (χ4v) is 3.19. The molecule has 3 heterocycles. The normalized spacial score (nSPS) is 13.3. The predicted molar refractivity (Wildman–Crippen MR) is 94.8 cm³/mol. The molecule has 0 unspecified atom stereocenters. The molecular weight excluding hydrogens is 334 g/mol. The standard InChI is InChI=1S/C18H17N5O3/c1-26-18(25)23-5-4-13-11(9-23)7-19-8-14(13)17(24)22-12-2-3-15-16(6-12)21-10-20-15/h2-3,6-8,10H,4-5,9H2,1H3,(H,20,21)(H,22,24). The molecule has 132 valence electrons. The zero-order chi connectivity index (χ0) is 18.1. The fraction of sp³-hybridized carbons (Fsp3) is 0.222. The molecule has 0 spiro atoms. The van der Waals surface area contributed by atoms with Crippen LogP contribution in [0, 0.1) is 0 Å². The Morgan fingerprint density at radius 2 is 2.19 bits per heavy atom. The van der Waals surface area contributed by atoms with Crippen LogP contribution in [0.25, 0.3) is 11.0 Å². The number of fused-ring (bicyclic) bond motifs is 2. The second-order valence-electron chi connectivity index (χ2n) is 6.05. The molecule has 2 amide bonds. The molecule has 8 nitrogen and oxygen atoms in total. The highest BCUT2D eigenvalue weighted by molar-refractivity contribution is 6.06. The third-order valence-corrected chi connectivity index (χ3v) is 4.50. The van der Waals surface area contributed by atoms with E-state index in [-0.39, 0.29) is 12.0 Å². The number of hydrogen-bond donors (Lipinski definition) is 2. The maximum atomic E-state index is 12.7. The van der Waals surface area contributed by atoms with Gasteiger partial charge in [0.25, 0.3) is 5.91 Å². The van der Waals surface area contributed by atoms with E-state index in [1.54, 1.807) is 23.6 Å². The van der Waals surface area contributed by atoms with Crippen molar-refractivity contribution >= 4 is 28.7 Å². The molecule has 0 fully saturated rings. The van der Waals surface area contributed by atoms with Crippen molar-refractivity contribution in [2.24, 2.45) is 0 Å². The lowest BCUT2D eigenvalue weighted by Gasteiger charge is -2.28. The van der Waals surface area contributed by atoms with E-state index in [4.69, 9.17) is 4.74 Å². The Hall–Kier alpha value is -3.42. The maximum absolute atomic E-state index is 12.7. The molecule has 4 rings (SSSR count). The number of H-pyrrole nitrogens is 1. The molecular formula is C18H17N5O3. The Morgan fingerprint density at radius 1 is 1.31 bits per heavy atom. The first-order valence-corrected chi connectivity index (χ1v) is 8.19. The number of ether oxygens (including phenoxy) is 1. The van der Waals surface area contributed by atoms with E-state index in [9.17, 15) is 9.59 Å². The van der Waals surface area contributed by atoms with Crippen LogP contribution in [0.3, 0.4) is 0 Å². The summed E-state index contributed by atoms with van der Waals surface area (Å²) in [6.07, 6.45) is 5.07. The molecule has 1 aliphatic heterocycles. The first-order valence-electron chi connectivity index (χ1n) is 8.19. The monoisotopic (exact) mass is 351 g/mol. The number of carbonyl (C=O) groups is 2. The van der Waals surface area contributed by atoms with Crippen molar-refractivity contribution in [2.75, 3.05) is 19.0 Å². The number of methoxy groups -OCH3 is 1. The average Bonchev–Trinajstić information content (AvgIpc) is 3.14. The molecule has 0 radical (unpaired) electrons. The summed E-state index contributed by atoms with van der Waals surface area (Å²) in [5, 5.41) is 2.90. The van der Waals surface area contributed by atoms with Gasteiger partial charge in [0.15, 0.2) is 0 Å². The number of benzene rings is 1. The smallest absolute Gasteiger partial charge is 0.409 e. The zero-order valence-electron chi connectivity index (χ0n) is 14.2. The van der Waals surface area contributed by atoms with Gasteiger partial charge in [-0.05, 0) is 35.7 Å². The predicted octanol–water partition coefficient (Wildman–Crippen LogP) is 2.33. The van der Waals surface area contributed by atoms with Crippen LogP contribution in [-0.4, -0.2) is 45.5 Å². The van der Waals surface area contributed by atoms with Crippen LogP contribution < -0.4 is 5.32 Å². The van der Waals surface area contributed by atoms with Gasteiger partial charge >= 0.3 is 6.09 Å². The lowest BCUT2D eigenvalue weighted by Crippen LogP contribution is -2.36. The number of aromatic amines is 1. The van der Waals surface area contributed by atoms with Crippen LogP contribution in [0.15, 0.2) is 36.9 Å². The van der Waals surface area contributed by atoms with Crippen molar-refractivity contribution in [3.63, 3.8) is 0 Å². The summed E-state index contributed by atoms with van der Waals surface area (Å²) in [5.41, 5.74) is 4.67. The zero-order valence-corrected chi connectivity index (χ0v) is 14.2. The minimum atomic E-state index is -0.377. The highest BCUT2D eigenvalue weighted by atomic mass is 16.5. The largest absolute Gasteiger partial charge is 0.453 e. The van der Waals surface area contributed by atoms with E-state index in [1.165, 1.54) is 7.11 Å². The number of nitrogens with one attached hydrogen (secondary N) is 2. The van der Waals surface area contributed by atoms with Crippen molar-refractivity contribution in [1.29, 1.82) is 0 Å². The number of carbonyl (C=O) groups excluding carboxylic acids is 2. The van der Waals surface area contributed by atoms with Gasteiger partial charge < -0.3 is 19.9 Å². The summed E-state index contributed by atoms with van der Waals surface area (Å²) in [6, 6.07) is 5.49. The number of hydrogen-bond acceptors (Lipinski definition) is 5. The summed E-state index contributed by atoms with van der Waals surface area (Å²) in [5.74, 6) is -0.222. The first kappa shape index (κ1) is 16.1. The molecule has 0 aliphatic carbocycles. The third kappa shape index (κ3) is 2.85. The minimum Gasteiger partial charge on any atom is -0.453 e. The Balaban J connectivity index is 1.58. The lowest BCUT2D eigenvalue weighted by molar-refractivity contribution is 0.102. The van der Waals surface area contributed by atoms with Crippen LogP contribution in [0.1, 0.15) is 21.5 Å². The quantitative estimate of drug-likeness (QED) is 0.738. The number of anilines is 1. The topological polar surface area (TPSA) is 100 Å². The summed E-state index contributed by atoms with van der Waals surface area (Å²) in [6.45, 7) is 0.889. The minimum absolute atomic E-state index is 0.222. The Labute approximate surface area is 149 Å². The molecule has 0 bridgehead atoms. The second-order valence-corrected chi connectivity index (χ2v) is 6.05. The highest BCUT2D eigenvalue weighted by Crippen LogP contribution is 2.23. The maximum Gasteiger partial charge on any atom is 0.409 e. The van der Waals surface area contributed by atoms with Crippen LogP contribution in [0.5, 0.6) is 0 Å². The van der Waals surface area contributed by atoms with Gasteiger partial charge in [-0.15, -0.1) is 0 Å². The molecule has 0 saturated heterocycles. The summed E-state index contributed by atoms with van der Waals surface area (Å²) < 4.78 is 4.77. The van der Waals surface area contributed by atoms with Crippen molar-refractivity contribution in [1.82, 2.24) is 19.9 Å². The van der Waals surface area contributed by atoms with Gasteiger partial charge in [-0.1, -0.05) is 0 Å². The van der Waals surface area contributed by atoms with Gasteiger partial charge in [-0.2, -0.15) is 0 Å². The van der Waals surface area contributed by atoms with Gasteiger partial charge in [0, 0.05) is 24.6 Å². The molecule has 0 saturated carbocycles. The number of aromatic nitrogens is 3. The summed E-state index contributed by atoms with van der Waals surface area (Å²) in [7, 11) is 1.36. The molecule has 3 aromatic rings. The van der Waals surface area contributed by atoms with Crippen LogP contribution in [0.2, 0.25) is 0 Å². The lowest BCUT2D eigenvalue weighted by atomic mass is 9.97. The Kier molecular flexibility index (Phi) is 4.00. The van der Waals surface area contributed by atoms with Gasteiger partial charge in [-0.25, -0.2) is 9.78 Å². The van der Waals surface area contributed by atoms with Crippen molar-refractivity contribution in [3.8, 4) is 0 Å². The summed E-state index contributed by atoms with van der Waals surface area (Å²) >= 11 is 0. The number of amides is 2. The fourth-order valence-electron chi connectivity index (χ4n) is 3.19. The average molecular weight is 351 g/mol. The second kappa shape index (κ2) is 6.47. The molecule has 1 aliphatic rings. The van der Waals surface area contributed by atoms with Crippen LogP contribution in [-0.2, 0) is 17.7 Å². The van der Waals surface area contributed by atoms with Gasteiger partial charge in [0.05, 0.1) is 36.6 Å². The van der Waals surface area contributed by atoms with Gasteiger partial charge in [-0.3, -0.25) is 9.78 Å². The van der Waals surface area contributed by atoms with Crippen LogP contribution in [0.4, 0.5) is 10.5 Å². The molecule has 1 aromatic carbocycles. The molecule has 0 atom stereocenters. The molecule has 8 heteroatoms. The van der Waals surface area contributed by atoms with Gasteiger partial charge in [0.2, 0.25) is 0 Å². The van der Waals surface area contributed by atoms with E-state index in [2.05, 4.69) is 20.3 Å². The van der Waals surface area contributed by atoms with Crippen LogP contribution >= 0.6 is 0 Å². The van der Waals surface area contributed by atoms with E-state index in [0.29, 0.717) is 30.8 Å². The number of imidazole rings is 1. The number of pyridine rings is 1. The highest BCUT2D eigenvalue weighted by Gasteiger charge is 2.25. The third-order valence-electron chi connectivity index (χ3n) is 4.50. The molecule has 26 heavy (non-hydrogen) atoms. The SMILES string of the molecule is COC(=O)N1CCc2c(cncc2C(=O)Nc2ccc3nc[nH]c3c2)C1. The van der Waals surface area contributed by atoms with Crippen molar-refractivity contribution in [2.45, 2.75) is 13.0 Å². The van der Waals surface area contributed by atoms with E-state index in [1.807, 2.05) is 18.2 Å². The number of rotatable bonds is 2. The Bertz CT molecular complexity index is 997. The van der Waals surface area contributed by atoms with Gasteiger partial charge in [0.1, 0.15) is 0 Å².